The fourth-order valence-corrected chi connectivity index (χ4v) is 1.78. The molecule has 7 heteroatoms. The number of amides is 1. The highest BCUT2D eigenvalue weighted by molar-refractivity contribution is 5.94. The Morgan fingerprint density at radius 1 is 1.58 bits per heavy atom. The van der Waals surface area contributed by atoms with Gasteiger partial charge >= 0.3 is 0 Å². The lowest BCUT2D eigenvalue weighted by Gasteiger charge is -2.19. The van der Waals surface area contributed by atoms with E-state index in [1.807, 2.05) is 4.90 Å². The van der Waals surface area contributed by atoms with E-state index in [0.717, 1.165) is 0 Å². The lowest BCUT2D eigenvalue weighted by Crippen LogP contribution is -2.30. The predicted octanol–water partition coefficient (Wildman–Crippen LogP) is -0.368. The number of aliphatic hydroxyl groups excluding tert-OH is 1. The van der Waals surface area contributed by atoms with Gasteiger partial charge in [-0.25, -0.2) is 5.84 Å². The summed E-state index contributed by atoms with van der Waals surface area (Å²) in [5, 5.41) is 9.01. The molecular weight excluding hydrogens is 250 g/mol. The summed E-state index contributed by atoms with van der Waals surface area (Å²) in [5.41, 5.74) is 2.50. The smallest absolute Gasteiger partial charge is 0.268 e. The van der Waals surface area contributed by atoms with Crippen LogP contribution in [0.5, 0.6) is 0 Å². The van der Waals surface area contributed by atoms with Crippen LogP contribution in [0.3, 0.4) is 0 Å². The number of hydrogen-bond donors (Lipinski definition) is 3. The summed E-state index contributed by atoms with van der Waals surface area (Å²) in [6.45, 7) is 4.02. The number of carbonyl (C=O) groups is 1. The zero-order valence-corrected chi connectivity index (χ0v) is 11.3. The number of aliphatic hydroxyl groups is 1. The van der Waals surface area contributed by atoms with Crippen LogP contribution in [0.2, 0.25) is 0 Å². The van der Waals surface area contributed by atoms with E-state index in [-0.39, 0.29) is 12.5 Å². The van der Waals surface area contributed by atoms with Crippen LogP contribution in [0.4, 0.5) is 0 Å². The second kappa shape index (κ2) is 7.90. The number of ether oxygens (including phenoxy) is 1. The van der Waals surface area contributed by atoms with Crippen LogP contribution >= 0.6 is 0 Å². The molecule has 0 radical (unpaired) electrons. The first-order chi connectivity index (χ1) is 9.12. The highest BCUT2D eigenvalue weighted by Gasteiger charge is 2.15. The molecule has 1 aromatic heterocycles. The highest BCUT2D eigenvalue weighted by atomic mass is 16.5. The van der Waals surface area contributed by atoms with Crippen molar-refractivity contribution in [2.24, 2.45) is 5.84 Å². The quantitative estimate of drug-likeness (QED) is 0.339. The van der Waals surface area contributed by atoms with Gasteiger partial charge in [0.05, 0.1) is 25.3 Å². The van der Waals surface area contributed by atoms with Gasteiger partial charge in [0.1, 0.15) is 11.5 Å². The summed E-state index contributed by atoms with van der Waals surface area (Å²) in [6, 6.07) is 1.66. The SMILES string of the molecule is COCCN(CCO)Cc1cc(C(=O)NN)c(C)o1. The predicted molar refractivity (Wildman–Crippen MR) is 69.3 cm³/mol. The highest BCUT2D eigenvalue weighted by Crippen LogP contribution is 2.16. The molecule has 108 valence electrons. The first kappa shape index (κ1) is 15.6. The Morgan fingerprint density at radius 3 is 2.89 bits per heavy atom. The van der Waals surface area contributed by atoms with Gasteiger partial charge in [0, 0.05) is 20.2 Å². The third-order valence-corrected chi connectivity index (χ3v) is 2.75. The second-order valence-corrected chi connectivity index (χ2v) is 4.15. The molecule has 1 heterocycles. The van der Waals surface area contributed by atoms with Gasteiger partial charge in [0.25, 0.3) is 5.91 Å². The summed E-state index contributed by atoms with van der Waals surface area (Å²) in [6.07, 6.45) is 0. The van der Waals surface area contributed by atoms with Crippen LogP contribution in [0.15, 0.2) is 10.5 Å². The Bertz CT molecular complexity index is 406. The normalized spacial score (nSPS) is 11.0. The summed E-state index contributed by atoms with van der Waals surface area (Å²) in [5.74, 6) is 5.89. The maximum absolute atomic E-state index is 11.5. The molecule has 0 fully saturated rings. The largest absolute Gasteiger partial charge is 0.464 e. The molecule has 1 aromatic rings. The van der Waals surface area contributed by atoms with Gasteiger partial charge in [-0.3, -0.25) is 15.1 Å². The molecule has 0 spiro atoms. The topological polar surface area (TPSA) is 101 Å². The van der Waals surface area contributed by atoms with Gasteiger partial charge in [-0.15, -0.1) is 0 Å². The molecule has 4 N–H and O–H groups in total. The number of carbonyl (C=O) groups excluding carboxylic acids is 1. The maximum atomic E-state index is 11.5. The van der Waals surface area contributed by atoms with Crippen molar-refractivity contribution < 1.29 is 19.1 Å². The zero-order chi connectivity index (χ0) is 14.3. The van der Waals surface area contributed by atoms with Crippen molar-refractivity contribution in [2.45, 2.75) is 13.5 Å². The van der Waals surface area contributed by atoms with Crippen molar-refractivity contribution in [2.75, 3.05) is 33.4 Å². The van der Waals surface area contributed by atoms with Gasteiger partial charge in [0.2, 0.25) is 0 Å². The van der Waals surface area contributed by atoms with E-state index in [0.29, 0.717) is 43.3 Å². The molecule has 7 nitrogen and oxygen atoms in total. The van der Waals surface area contributed by atoms with Crippen molar-refractivity contribution in [3.05, 3.63) is 23.2 Å². The van der Waals surface area contributed by atoms with Crippen molar-refractivity contribution in [1.29, 1.82) is 0 Å². The Morgan fingerprint density at radius 2 is 2.32 bits per heavy atom. The minimum absolute atomic E-state index is 0.0551. The van der Waals surface area contributed by atoms with Crippen LogP contribution in [0.25, 0.3) is 0 Å². The van der Waals surface area contributed by atoms with Crippen LogP contribution in [-0.2, 0) is 11.3 Å². The number of nitrogen functional groups attached to an aromatic ring is 1. The summed E-state index contributed by atoms with van der Waals surface area (Å²) in [7, 11) is 1.62. The third kappa shape index (κ3) is 4.64. The molecule has 0 saturated heterocycles. The van der Waals surface area contributed by atoms with Crippen molar-refractivity contribution >= 4 is 5.91 Å². The number of hydrazine groups is 1. The first-order valence-corrected chi connectivity index (χ1v) is 6.04. The Kier molecular flexibility index (Phi) is 6.51. The number of methoxy groups -OCH3 is 1. The molecule has 19 heavy (non-hydrogen) atoms. The van der Waals surface area contributed by atoms with E-state index in [1.165, 1.54) is 0 Å². The number of rotatable bonds is 8. The average molecular weight is 271 g/mol. The number of nitrogens with one attached hydrogen (secondary N) is 1. The summed E-state index contributed by atoms with van der Waals surface area (Å²) < 4.78 is 10.5. The molecule has 0 unspecified atom stereocenters. The van der Waals surface area contributed by atoms with Crippen molar-refractivity contribution in [3.63, 3.8) is 0 Å². The van der Waals surface area contributed by atoms with Crippen LogP contribution < -0.4 is 11.3 Å². The van der Waals surface area contributed by atoms with Crippen LogP contribution in [0.1, 0.15) is 21.9 Å². The minimum Gasteiger partial charge on any atom is -0.464 e. The van der Waals surface area contributed by atoms with E-state index in [9.17, 15) is 4.79 Å². The molecule has 0 aliphatic rings. The number of aryl methyl sites for hydroxylation is 1. The maximum Gasteiger partial charge on any atom is 0.268 e. The molecule has 0 saturated carbocycles. The van der Waals surface area contributed by atoms with E-state index >= 15 is 0 Å². The second-order valence-electron chi connectivity index (χ2n) is 4.15. The summed E-state index contributed by atoms with van der Waals surface area (Å²) in [4.78, 5) is 13.4. The van der Waals surface area contributed by atoms with E-state index < -0.39 is 0 Å². The fourth-order valence-electron chi connectivity index (χ4n) is 1.78. The number of nitrogens with zero attached hydrogens (tertiary/aromatic N) is 1. The average Bonchev–Trinajstić information content (AvgIpc) is 2.76. The zero-order valence-electron chi connectivity index (χ0n) is 11.3. The van der Waals surface area contributed by atoms with E-state index in [2.05, 4.69) is 5.43 Å². The Hall–Kier alpha value is -1.41. The van der Waals surface area contributed by atoms with Gasteiger partial charge in [0.15, 0.2) is 0 Å². The van der Waals surface area contributed by atoms with Gasteiger partial charge in [-0.1, -0.05) is 0 Å². The first-order valence-electron chi connectivity index (χ1n) is 6.04. The van der Waals surface area contributed by atoms with Gasteiger partial charge in [-0.05, 0) is 13.0 Å². The monoisotopic (exact) mass is 271 g/mol. The Labute approximate surface area is 112 Å². The standard InChI is InChI=1S/C12H21N3O4/c1-9-11(12(17)14-13)7-10(19-9)8-15(3-5-16)4-6-18-2/h7,16H,3-6,8,13H2,1-2H3,(H,14,17). The lowest BCUT2D eigenvalue weighted by molar-refractivity contribution is 0.0952. The fraction of sp³-hybridized carbons (Fsp3) is 0.583. The van der Waals surface area contributed by atoms with E-state index in [1.54, 1.807) is 20.1 Å². The van der Waals surface area contributed by atoms with Crippen molar-refractivity contribution in [1.82, 2.24) is 10.3 Å². The molecule has 0 aromatic carbocycles. The molecular formula is C12H21N3O4. The third-order valence-electron chi connectivity index (χ3n) is 2.75. The van der Waals surface area contributed by atoms with E-state index in [4.69, 9.17) is 20.1 Å². The number of furan rings is 1. The number of hydrogen-bond acceptors (Lipinski definition) is 6. The molecule has 0 aliphatic carbocycles. The molecule has 0 bridgehead atoms. The molecule has 0 atom stereocenters. The van der Waals surface area contributed by atoms with Crippen LogP contribution in [0, 0.1) is 6.92 Å². The van der Waals surface area contributed by atoms with Gasteiger partial charge in [-0.2, -0.15) is 0 Å². The van der Waals surface area contributed by atoms with Crippen molar-refractivity contribution in [3.8, 4) is 0 Å². The molecule has 0 aliphatic heterocycles. The van der Waals surface area contributed by atoms with Gasteiger partial charge < -0.3 is 14.3 Å². The molecule has 1 amide bonds. The lowest BCUT2D eigenvalue weighted by atomic mass is 10.2. The Balaban J connectivity index is 2.70. The molecule has 1 rings (SSSR count). The minimum atomic E-state index is -0.377. The number of nitrogens with two attached hydrogens (primary N) is 1. The summed E-state index contributed by atoms with van der Waals surface area (Å²) >= 11 is 0. The van der Waals surface area contributed by atoms with Crippen LogP contribution in [-0.4, -0.2) is 49.3 Å².